The van der Waals surface area contributed by atoms with Crippen molar-refractivity contribution in [2.75, 3.05) is 27.2 Å². The minimum absolute atomic E-state index is 0.0869. The topological polar surface area (TPSA) is 49.6 Å². The van der Waals surface area contributed by atoms with E-state index in [-0.39, 0.29) is 11.3 Å². The molecule has 1 unspecified atom stereocenters. The van der Waals surface area contributed by atoms with Crippen LogP contribution in [0.1, 0.15) is 72.4 Å². The Morgan fingerprint density at radius 2 is 1.32 bits per heavy atom. The maximum atomic E-state index is 12.9. The van der Waals surface area contributed by atoms with E-state index in [1.165, 1.54) is 5.56 Å². The second-order valence-corrected chi connectivity index (χ2v) is 10.0. The molecule has 28 heavy (non-hydrogen) atoms. The Morgan fingerprint density at radius 1 is 0.893 bits per heavy atom. The Hall–Kier alpha value is -1.39. The van der Waals surface area contributed by atoms with Gasteiger partial charge in [0.25, 0.3) is 0 Å². The Balaban J connectivity index is 3.31. The number of hydrogen-bond donors (Lipinski definition) is 1. The summed E-state index contributed by atoms with van der Waals surface area (Å²) < 4.78 is 0. The average Bonchev–Trinajstić information content (AvgIpc) is 2.56. The molecule has 0 spiro atoms. The molecule has 2 N–H and O–H groups in total. The van der Waals surface area contributed by atoms with Crippen molar-refractivity contribution in [1.82, 2.24) is 9.80 Å². The molecule has 0 heterocycles. The van der Waals surface area contributed by atoms with E-state index < -0.39 is 5.41 Å². The lowest BCUT2D eigenvalue weighted by Crippen LogP contribution is -2.47. The van der Waals surface area contributed by atoms with E-state index in [0.29, 0.717) is 12.1 Å². The highest BCUT2D eigenvalue weighted by Crippen LogP contribution is 2.34. The SMILES string of the molecule is CC(C)N(CCC(CCN(C)C)(C(N)=O)c1ccc(C(C)(C)C)cc1)C(C)C. The lowest BCUT2D eigenvalue weighted by molar-refractivity contribution is -0.124. The van der Waals surface area contributed by atoms with Crippen LogP contribution in [0, 0.1) is 0 Å². The first-order valence-corrected chi connectivity index (χ1v) is 10.6. The summed E-state index contributed by atoms with van der Waals surface area (Å²) in [6, 6.07) is 9.42. The van der Waals surface area contributed by atoms with Crippen molar-refractivity contribution in [1.29, 1.82) is 0 Å². The predicted octanol–water partition coefficient (Wildman–Crippen LogP) is 4.17. The van der Waals surface area contributed by atoms with Crippen molar-refractivity contribution in [3.63, 3.8) is 0 Å². The molecule has 160 valence electrons. The molecule has 1 aromatic rings. The van der Waals surface area contributed by atoms with Crippen LogP contribution in [0.2, 0.25) is 0 Å². The van der Waals surface area contributed by atoms with Crippen LogP contribution in [0.25, 0.3) is 0 Å². The number of hydrogen-bond acceptors (Lipinski definition) is 3. The molecule has 0 saturated carbocycles. The molecule has 0 aliphatic heterocycles. The Kier molecular flexibility index (Phi) is 8.70. The van der Waals surface area contributed by atoms with Gasteiger partial charge in [-0.15, -0.1) is 0 Å². The normalized spacial score (nSPS) is 14.9. The highest BCUT2D eigenvalue weighted by Gasteiger charge is 2.39. The van der Waals surface area contributed by atoms with Gasteiger partial charge in [-0.05, 0) is 77.7 Å². The van der Waals surface area contributed by atoms with Gasteiger partial charge in [0.2, 0.25) is 5.91 Å². The van der Waals surface area contributed by atoms with Crippen molar-refractivity contribution in [3.05, 3.63) is 35.4 Å². The van der Waals surface area contributed by atoms with E-state index in [9.17, 15) is 4.79 Å². The molecule has 4 heteroatoms. The molecule has 0 bridgehead atoms. The highest BCUT2D eigenvalue weighted by molar-refractivity contribution is 5.86. The lowest BCUT2D eigenvalue weighted by atomic mass is 9.73. The molecule has 1 amide bonds. The molecule has 0 aliphatic carbocycles. The van der Waals surface area contributed by atoms with Crippen molar-refractivity contribution >= 4 is 5.91 Å². The summed E-state index contributed by atoms with van der Waals surface area (Å²) in [5.74, 6) is -0.217. The predicted molar refractivity (Wildman–Crippen MR) is 121 cm³/mol. The number of nitrogens with two attached hydrogens (primary N) is 1. The summed E-state index contributed by atoms with van der Waals surface area (Å²) in [6.07, 6.45) is 1.47. The van der Waals surface area contributed by atoms with Crippen LogP contribution in [-0.2, 0) is 15.6 Å². The third kappa shape index (κ3) is 6.31. The van der Waals surface area contributed by atoms with E-state index in [1.807, 2.05) is 14.1 Å². The van der Waals surface area contributed by atoms with Crippen molar-refractivity contribution in [2.45, 2.75) is 84.2 Å². The maximum absolute atomic E-state index is 12.9. The maximum Gasteiger partial charge on any atom is 0.228 e. The standard InChI is InChI=1S/C24H43N3O/c1-18(2)27(19(3)4)17-15-24(22(25)28,14-16-26(8)9)21-12-10-20(11-13-21)23(5,6)7/h10-13,18-19H,14-17H2,1-9H3,(H2,25,28). The third-order valence-electron chi connectivity index (χ3n) is 5.88. The number of nitrogens with zero attached hydrogens (tertiary/aromatic N) is 2. The fraction of sp³-hybridized carbons (Fsp3) is 0.708. The number of carbonyl (C=O) groups is 1. The van der Waals surface area contributed by atoms with E-state index in [1.54, 1.807) is 0 Å². The zero-order chi connectivity index (χ0) is 21.7. The van der Waals surface area contributed by atoms with Crippen molar-refractivity contribution < 1.29 is 4.79 Å². The molecule has 1 atom stereocenters. The largest absolute Gasteiger partial charge is 0.369 e. The Morgan fingerprint density at radius 3 is 1.68 bits per heavy atom. The summed E-state index contributed by atoms with van der Waals surface area (Å²) in [6.45, 7) is 17.2. The van der Waals surface area contributed by atoms with Gasteiger partial charge >= 0.3 is 0 Å². The van der Waals surface area contributed by atoms with Crippen LogP contribution in [0.5, 0.6) is 0 Å². The van der Waals surface area contributed by atoms with Crippen molar-refractivity contribution in [2.24, 2.45) is 5.73 Å². The zero-order valence-electron chi connectivity index (χ0n) is 19.7. The molecule has 1 aromatic carbocycles. The fourth-order valence-electron chi connectivity index (χ4n) is 3.94. The minimum atomic E-state index is -0.650. The molecule has 0 aliphatic rings. The van der Waals surface area contributed by atoms with Gasteiger partial charge in [0, 0.05) is 18.6 Å². The molecule has 0 radical (unpaired) electrons. The summed E-state index contributed by atoms with van der Waals surface area (Å²) in [5.41, 5.74) is 7.83. The smallest absolute Gasteiger partial charge is 0.228 e. The van der Waals surface area contributed by atoms with Gasteiger partial charge in [-0.2, -0.15) is 0 Å². The summed E-state index contributed by atoms with van der Waals surface area (Å²) in [5, 5.41) is 0. The van der Waals surface area contributed by atoms with Crippen LogP contribution in [0.4, 0.5) is 0 Å². The molecular weight excluding hydrogens is 346 g/mol. The number of primary amides is 1. The van der Waals surface area contributed by atoms with Crippen LogP contribution >= 0.6 is 0 Å². The number of benzene rings is 1. The van der Waals surface area contributed by atoms with Crippen molar-refractivity contribution in [3.8, 4) is 0 Å². The first kappa shape index (κ1) is 24.6. The zero-order valence-corrected chi connectivity index (χ0v) is 19.7. The van der Waals surface area contributed by atoms with Crippen LogP contribution in [-0.4, -0.2) is 55.0 Å². The van der Waals surface area contributed by atoms with E-state index in [4.69, 9.17) is 5.73 Å². The van der Waals surface area contributed by atoms with Gasteiger partial charge in [-0.25, -0.2) is 0 Å². The summed E-state index contributed by atoms with van der Waals surface area (Å²) in [7, 11) is 4.09. The van der Waals surface area contributed by atoms with Crippen LogP contribution in [0.3, 0.4) is 0 Å². The second-order valence-electron chi connectivity index (χ2n) is 10.0. The van der Waals surface area contributed by atoms with Crippen LogP contribution < -0.4 is 5.73 Å². The Labute approximate surface area is 173 Å². The summed E-state index contributed by atoms with van der Waals surface area (Å²) >= 11 is 0. The second kappa shape index (κ2) is 9.89. The van der Waals surface area contributed by atoms with E-state index >= 15 is 0 Å². The monoisotopic (exact) mass is 389 g/mol. The van der Waals surface area contributed by atoms with Gasteiger partial charge in [0.15, 0.2) is 0 Å². The highest BCUT2D eigenvalue weighted by atomic mass is 16.1. The minimum Gasteiger partial charge on any atom is -0.369 e. The first-order valence-electron chi connectivity index (χ1n) is 10.6. The molecular formula is C24H43N3O. The fourth-order valence-corrected chi connectivity index (χ4v) is 3.94. The van der Waals surface area contributed by atoms with E-state index in [2.05, 4.69) is 82.5 Å². The van der Waals surface area contributed by atoms with Crippen LogP contribution in [0.15, 0.2) is 24.3 Å². The average molecular weight is 390 g/mol. The molecule has 4 nitrogen and oxygen atoms in total. The van der Waals surface area contributed by atoms with E-state index in [0.717, 1.165) is 31.5 Å². The molecule has 0 fully saturated rings. The Bertz CT molecular complexity index is 606. The van der Waals surface area contributed by atoms with Gasteiger partial charge in [0.05, 0.1) is 5.41 Å². The third-order valence-corrected chi connectivity index (χ3v) is 5.88. The van der Waals surface area contributed by atoms with Gasteiger partial charge in [0.1, 0.15) is 0 Å². The number of amides is 1. The lowest BCUT2D eigenvalue weighted by Gasteiger charge is -2.37. The number of carbonyl (C=O) groups excluding carboxylic acids is 1. The molecule has 0 saturated heterocycles. The quantitative estimate of drug-likeness (QED) is 0.653. The number of rotatable bonds is 10. The summed E-state index contributed by atoms with van der Waals surface area (Å²) in [4.78, 5) is 17.4. The van der Waals surface area contributed by atoms with Gasteiger partial charge in [-0.3, -0.25) is 9.69 Å². The van der Waals surface area contributed by atoms with Gasteiger partial charge < -0.3 is 10.6 Å². The molecule has 0 aromatic heterocycles. The first-order chi connectivity index (χ1) is 12.8. The van der Waals surface area contributed by atoms with Gasteiger partial charge in [-0.1, -0.05) is 45.0 Å². The molecule has 1 rings (SSSR count).